The van der Waals surface area contributed by atoms with E-state index in [0.717, 1.165) is 25.8 Å². The molecule has 2 fully saturated rings. The maximum absolute atomic E-state index is 11.5. The first-order valence-electron chi connectivity index (χ1n) is 5.36. The Hall–Kier alpha value is -0.610. The van der Waals surface area contributed by atoms with Gasteiger partial charge in [0.25, 0.3) is 0 Å². The molecule has 0 aromatic heterocycles. The van der Waals surface area contributed by atoms with Gasteiger partial charge in [-0.25, -0.2) is 0 Å². The molecule has 0 aromatic rings. The lowest BCUT2D eigenvalue weighted by Gasteiger charge is -2.37. The van der Waals surface area contributed by atoms with E-state index in [9.17, 15) is 15.0 Å². The second-order valence-electron chi connectivity index (χ2n) is 4.25. The van der Waals surface area contributed by atoms with Gasteiger partial charge in [-0.15, -0.1) is 0 Å². The lowest BCUT2D eigenvalue weighted by Crippen LogP contribution is -2.51. The zero-order valence-electron chi connectivity index (χ0n) is 8.22. The number of hydrogen-bond donors (Lipinski definition) is 2. The predicted octanol–water partition coefficient (Wildman–Crippen LogP) is -0.117. The Kier molecular flexibility index (Phi) is 2.74. The number of aliphatic hydroxyl groups is 2. The van der Waals surface area contributed by atoms with Gasteiger partial charge in [0.15, 0.2) is 0 Å². The Morgan fingerprint density at radius 1 is 1.21 bits per heavy atom. The third-order valence-electron chi connectivity index (χ3n) is 3.30. The summed E-state index contributed by atoms with van der Waals surface area (Å²) in [6.07, 6.45) is 2.46. The van der Waals surface area contributed by atoms with Gasteiger partial charge >= 0.3 is 0 Å². The first-order chi connectivity index (χ1) is 6.70. The molecule has 0 aromatic carbocycles. The summed E-state index contributed by atoms with van der Waals surface area (Å²) in [5.41, 5.74) is 0. The summed E-state index contributed by atoms with van der Waals surface area (Å²) in [6.45, 7) is 0.743. The van der Waals surface area contributed by atoms with Crippen LogP contribution in [0.2, 0.25) is 0 Å². The highest BCUT2D eigenvalue weighted by Gasteiger charge is 2.37. The lowest BCUT2D eigenvalue weighted by atomic mass is 9.89. The molecule has 2 rings (SSSR count). The Morgan fingerprint density at radius 3 is 2.64 bits per heavy atom. The number of likely N-dealkylation sites (tertiary alicyclic amines) is 1. The van der Waals surface area contributed by atoms with Gasteiger partial charge in [0.2, 0.25) is 5.91 Å². The number of hydrogen-bond acceptors (Lipinski definition) is 3. The van der Waals surface area contributed by atoms with Crippen molar-refractivity contribution in [3.05, 3.63) is 0 Å². The van der Waals surface area contributed by atoms with Crippen molar-refractivity contribution in [1.29, 1.82) is 0 Å². The van der Waals surface area contributed by atoms with Gasteiger partial charge in [0.05, 0.1) is 12.1 Å². The summed E-state index contributed by atoms with van der Waals surface area (Å²) in [5, 5.41) is 19.3. The minimum Gasteiger partial charge on any atom is -0.390 e. The SMILES string of the molecule is O=C1CCCN1[C@@H]1CCC[C@@H](O)[C@H]1O. The van der Waals surface area contributed by atoms with Crippen LogP contribution in [0.3, 0.4) is 0 Å². The van der Waals surface area contributed by atoms with Crippen LogP contribution in [-0.4, -0.2) is 45.8 Å². The highest BCUT2D eigenvalue weighted by atomic mass is 16.3. The number of rotatable bonds is 1. The summed E-state index contributed by atoms with van der Waals surface area (Å²) >= 11 is 0. The van der Waals surface area contributed by atoms with Crippen LogP contribution in [0.25, 0.3) is 0 Å². The summed E-state index contributed by atoms with van der Waals surface area (Å²) in [7, 11) is 0. The largest absolute Gasteiger partial charge is 0.390 e. The van der Waals surface area contributed by atoms with E-state index in [0.29, 0.717) is 12.8 Å². The van der Waals surface area contributed by atoms with Crippen LogP contribution in [0.4, 0.5) is 0 Å². The molecule has 0 bridgehead atoms. The molecule has 0 spiro atoms. The van der Waals surface area contributed by atoms with Crippen LogP contribution in [0, 0.1) is 0 Å². The van der Waals surface area contributed by atoms with Gasteiger partial charge in [-0.2, -0.15) is 0 Å². The average molecular weight is 199 g/mol. The first-order valence-corrected chi connectivity index (χ1v) is 5.36. The van der Waals surface area contributed by atoms with E-state index in [1.165, 1.54) is 0 Å². The van der Waals surface area contributed by atoms with Crippen molar-refractivity contribution in [1.82, 2.24) is 4.90 Å². The molecule has 0 radical (unpaired) electrons. The van der Waals surface area contributed by atoms with Crippen LogP contribution in [0.5, 0.6) is 0 Å². The van der Waals surface area contributed by atoms with Crippen molar-refractivity contribution < 1.29 is 15.0 Å². The summed E-state index contributed by atoms with van der Waals surface area (Å²) in [6, 6.07) is -0.145. The molecule has 1 saturated carbocycles. The molecule has 0 unspecified atom stereocenters. The fraction of sp³-hybridized carbons (Fsp3) is 0.900. The summed E-state index contributed by atoms with van der Waals surface area (Å²) in [5.74, 6) is 0.128. The smallest absolute Gasteiger partial charge is 0.222 e. The fourth-order valence-corrected chi connectivity index (χ4v) is 2.49. The number of amides is 1. The van der Waals surface area contributed by atoms with Crippen molar-refractivity contribution in [2.75, 3.05) is 6.54 Å². The molecule has 14 heavy (non-hydrogen) atoms. The molecule has 2 N–H and O–H groups in total. The standard InChI is InChI=1S/C10H17NO3/c12-8-4-1-3-7(10(8)14)11-6-2-5-9(11)13/h7-8,10,12,14H,1-6H2/t7-,8-,10+/m1/s1. The third-order valence-corrected chi connectivity index (χ3v) is 3.30. The van der Waals surface area contributed by atoms with Gasteiger partial charge in [0.1, 0.15) is 6.10 Å². The number of nitrogens with zero attached hydrogens (tertiary/aromatic N) is 1. The summed E-state index contributed by atoms with van der Waals surface area (Å²) < 4.78 is 0. The fourth-order valence-electron chi connectivity index (χ4n) is 2.49. The van der Waals surface area contributed by atoms with Gasteiger partial charge in [-0.05, 0) is 25.7 Å². The second kappa shape index (κ2) is 3.87. The molecule has 4 heteroatoms. The number of carbonyl (C=O) groups is 1. The first kappa shape index (κ1) is 9.93. The van der Waals surface area contributed by atoms with Crippen molar-refractivity contribution in [3.8, 4) is 0 Å². The van der Waals surface area contributed by atoms with Crippen LogP contribution in [0.15, 0.2) is 0 Å². The maximum atomic E-state index is 11.5. The molecule has 1 aliphatic heterocycles. The summed E-state index contributed by atoms with van der Waals surface area (Å²) in [4.78, 5) is 13.2. The van der Waals surface area contributed by atoms with Gasteiger partial charge in [-0.1, -0.05) is 0 Å². The molecule has 2 aliphatic rings. The third kappa shape index (κ3) is 1.64. The Morgan fingerprint density at radius 2 is 2.00 bits per heavy atom. The number of aliphatic hydroxyl groups excluding tert-OH is 2. The van der Waals surface area contributed by atoms with Crippen molar-refractivity contribution in [2.24, 2.45) is 0 Å². The number of carbonyl (C=O) groups excluding carboxylic acids is 1. The molecule has 1 heterocycles. The minimum absolute atomic E-state index is 0.128. The van der Waals surface area contributed by atoms with E-state index in [4.69, 9.17) is 0 Å². The molecule has 1 amide bonds. The zero-order chi connectivity index (χ0) is 10.1. The zero-order valence-corrected chi connectivity index (χ0v) is 8.22. The second-order valence-corrected chi connectivity index (χ2v) is 4.25. The predicted molar refractivity (Wildman–Crippen MR) is 50.6 cm³/mol. The van der Waals surface area contributed by atoms with Gasteiger partial charge < -0.3 is 15.1 Å². The molecule has 4 nitrogen and oxygen atoms in total. The molecular weight excluding hydrogens is 182 g/mol. The average Bonchev–Trinajstić information content (AvgIpc) is 2.57. The van der Waals surface area contributed by atoms with Crippen LogP contribution in [-0.2, 0) is 4.79 Å². The highest BCUT2D eigenvalue weighted by molar-refractivity contribution is 5.78. The quantitative estimate of drug-likeness (QED) is 0.619. The Labute approximate surface area is 83.5 Å². The van der Waals surface area contributed by atoms with E-state index in [2.05, 4.69) is 0 Å². The van der Waals surface area contributed by atoms with Gasteiger partial charge in [-0.3, -0.25) is 4.79 Å². The van der Waals surface area contributed by atoms with E-state index >= 15 is 0 Å². The highest BCUT2D eigenvalue weighted by Crippen LogP contribution is 2.26. The maximum Gasteiger partial charge on any atom is 0.222 e. The van der Waals surface area contributed by atoms with Crippen molar-refractivity contribution in [2.45, 2.75) is 50.4 Å². The van der Waals surface area contributed by atoms with Crippen LogP contribution < -0.4 is 0 Å². The van der Waals surface area contributed by atoms with E-state index in [-0.39, 0.29) is 11.9 Å². The van der Waals surface area contributed by atoms with E-state index in [1.54, 1.807) is 4.90 Å². The lowest BCUT2D eigenvalue weighted by molar-refractivity contribution is -0.136. The van der Waals surface area contributed by atoms with Crippen molar-refractivity contribution in [3.63, 3.8) is 0 Å². The Balaban J connectivity index is 2.05. The van der Waals surface area contributed by atoms with Crippen LogP contribution in [0.1, 0.15) is 32.1 Å². The monoisotopic (exact) mass is 199 g/mol. The van der Waals surface area contributed by atoms with Crippen LogP contribution >= 0.6 is 0 Å². The van der Waals surface area contributed by atoms with E-state index in [1.807, 2.05) is 0 Å². The minimum atomic E-state index is -0.745. The van der Waals surface area contributed by atoms with Gasteiger partial charge in [0, 0.05) is 13.0 Å². The van der Waals surface area contributed by atoms with E-state index < -0.39 is 12.2 Å². The normalized spacial score (nSPS) is 39.1. The van der Waals surface area contributed by atoms with Crippen molar-refractivity contribution >= 4 is 5.91 Å². The molecular formula is C10H17NO3. The molecule has 1 saturated heterocycles. The molecule has 1 aliphatic carbocycles. The molecule has 3 atom stereocenters. The molecule has 80 valence electrons. The topological polar surface area (TPSA) is 60.8 Å². The Bertz CT molecular complexity index is 231.